The van der Waals surface area contributed by atoms with Crippen LogP contribution >= 0.6 is 0 Å². The second-order valence-corrected chi connectivity index (χ2v) is 7.49. The minimum Gasteiger partial charge on any atom is -0.490 e. The molecule has 3 nitrogen and oxygen atoms in total. The molecule has 2 aromatic carbocycles. The number of hydrogen-bond donors (Lipinski definition) is 1. The summed E-state index contributed by atoms with van der Waals surface area (Å²) < 4.78 is 5.97. The molecule has 1 saturated heterocycles. The molecule has 1 fully saturated rings. The Morgan fingerprint density at radius 1 is 1.00 bits per heavy atom. The van der Waals surface area contributed by atoms with E-state index in [2.05, 4.69) is 36.9 Å². The van der Waals surface area contributed by atoms with Crippen LogP contribution in [0.4, 0.5) is 0 Å². The number of aliphatic hydroxyl groups is 1. The minimum atomic E-state index is -0.471. The first-order chi connectivity index (χ1) is 12.1. The molecule has 2 aromatic rings. The Hall–Kier alpha value is -1.84. The Kier molecular flexibility index (Phi) is 6.11. The molecule has 1 N–H and O–H groups in total. The third-order valence-electron chi connectivity index (χ3n) is 4.82. The van der Waals surface area contributed by atoms with Gasteiger partial charge in [-0.3, -0.25) is 0 Å². The normalized spacial score (nSPS) is 22.5. The van der Waals surface area contributed by atoms with Crippen LogP contribution in [0, 0.1) is 11.8 Å². The highest BCUT2D eigenvalue weighted by molar-refractivity contribution is 5.70. The van der Waals surface area contributed by atoms with Gasteiger partial charge < -0.3 is 14.7 Å². The molecule has 1 heterocycles. The van der Waals surface area contributed by atoms with Gasteiger partial charge >= 0.3 is 0 Å². The largest absolute Gasteiger partial charge is 0.490 e. The highest BCUT2D eigenvalue weighted by Crippen LogP contribution is 2.29. The molecule has 1 aliphatic rings. The summed E-state index contributed by atoms with van der Waals surface area (Å²) in [6.45, 7) is 7.73. The van der Waals surface area contributed by atoms with Crippen molar-refractivity contribution in [1.29, 1.82) is 0 Å². The molecule has 0 saturated carbocycles. The van der Waals surface area contributed by atoms with Gasteiger partial charge in [0.25, 0.3) is 0 Å². The lowest BCUT2D eigenvalue weighted by atomic mass is 9.92. The summed E-state index contributed by atoms with van der Waals surface area (Å²) in [6.07, 6.45) is 0.814. The zero-order valence-corrected chi connectivity index (χ0v) is 15.3. The fraction of sp³-hybridized carbons (Fsp3) is 0.455. The molecule has 134 valence electrons. The van der Waals surface area contributed by atoms with Crippen LogP contribution in [-0.2, 0) is 0 Å². The fourth-order valence-corrected chi connectivity index (χ4v) is 3.93. The van der Waals surface area contributed by atoms with E-state index in [1.54, 1.807) is 0 Å². The number of hydrogen-bond acceptors (Lipinski definition) is 3. The van der Waals surface area contributed by atoms with Crippen LogP contribution in [0.1, 0.15) is 20.3 Å². The van der Waals surface area contributed by atoms with Gasteiger partial charge in [0.05, 0.1) is 0 Å². The SMILES string of the molecule is C[C@@H]1C[C@@H](C)CN(C[C@@H](O)COc2ccccc2-c2ccccc2)C1. The van der Waals surface area contributed by atoms with Gasteiger partial charge in [-0.15, -0.1) is 0 Å². The van der Waals surface area contributed by atoms with Gasteiger partial charge in [-0.05, 0) is 29.9 Å². The fourth-order valence-electron chi connectivity index (χ4n) is 3.93. The minimum absolute atomic E-state index is 0.323. The van der Waals surface area contributed by atoms with Crippen LogP contribution in [-0.4, -0.2) is 42.4 Å². The third-order valence-corrected chi connectivity index (χ3v) is 4.82. The van der Waals surface area contributed by atoms with E-state index in [9.17, 15) is 5.11 Å². The molecular weight excluding hydrogens is 310 g/mol. The lowest BCUT2D eigenvalue weighted by molar-refractivity contribution is 0.0430. The van der Waals surface area contributed by atoms with E-state index < -0.39 is 6.10 Å². The molecule has 0 unspecified atom stereocenters. The molecule has 0 spiro atoms. The quantitative estimate of drug-likeness (QED) is 0.861. The van der Waals surface area contributed by atoms with Gasteiger partial charge in [0.15, 0.2) is 0 Å². The number of β-amino-alcohol motifs (C(OH)–C–C–N with tert-alkyl or cyclic N) is 1. The molecule has 0 aliphatic carbocycles. The van der Waals surface area contributed by atoms with Crippen molar-refractivity contribution in [3.8, 4) is 16.9 Å². The van der Waals surface area contributed by atoms with Crippen molar-refractivity contribution in [3.05, 3.63) is 54.6 Å². The maximum atomic E-state index is 10.4. The number of ether oxygens (including phenoxy) is 1. The van der Waals surface area contributed by atoms with Crippen LogP contribution < -0.4 is 4.74 Å². The van der Waals surface area contributed by atoms with Crippen molar-refractivity contribution in [2.75, 3.05) is 26.2 Å². The van der Waals surface area contributed by atoms with E-state index >= 15 is 0 Å². The third kappa shape index (κ3) is 5.07. The Morgan fingerprint density at radius 3 is 2.36 bits per heavy atom. The van der Waals surface area contributed by atoms with Crippen molar-refractivity contribution in [1.82, 2.24) is 4.90 Å². The average Bonchev–Trinajstić information content (AvgIpc) is 2.60. The molecule has 3 atom stereocenters. The number of aliphatic hydroxyl groups excluding tert-OH is 1. The first-order valence-corrected chi connectivity index (χ1v) is 9.29. The van der Waals surface area contributed by atoms with Gasteiger partial charge in [0.2, 0.25) is 0 Å². The summed E-state index contributed by atoms with van der Waals surface area (Å²) in [6, 6.07) is 18.2. The molecule has 0 amide bonds. The van der Waals surface area contributed by atoms with Crippen LogP contribution in [0.25, 0.3) is 11.1 Å². The van der Waals surface area contributed by atoms with E-state index in [0.717, 1.165) is 30.0 Å². The number of likely N-dealkylation sites (tertiary alicyclic amines) is 1. The number of rotatable bonds is 6. The van der Waals surface area contributed by atoms with Crippen LogP contribution in [0.2, 0.25) is 0 Å². The molecular formula is C22H29NO2. The molecule has 1 aliphatic heterocycles. The summed E-state index contributed by atoms with van der Waals surface area (Å²) in [4.78, 5) is 2.37. The maximum Gasteiger partial charge on any atom is 0.127 e. The van der Waals surface area contributed by atoms with Crippen LogP contribution in [0.3, 0.4) is 0 Å². The summed E-state index contributed by atoms with van der Waals surface area (Å²) in [5.41, 5.74) is 2.20. The van der Waals surface area contributed by atoms with E-state index in [1.807, 2.05) is 36.4 Å². The maximum absolute atomic E-state index is 10.4. The van der Waals surface area contributed by atoms with E-state index in [1.165, 1.54) is 6.42 Å². The molecule has 0 radical (unpaired) electrons. The van der Waals surface area contributed by atoms with E-state index in [4.69, 9.17) is 4.74 Å². The van der Waals surface area contributed by atoms with Gasteiger partial charge in [-0.25, -0.2) is 0 Å². The Labute approximate surface area is 151 Å². The zero-order valence-electron chi connectivity index (χ0n) is 15.3. The monoisotopic (exact) mass is 339 g/mol. The van der Waals surface area contributed by atoms with Crippen molar-refractivity contribution in [2.45, 2.75) is 26.4 Å². The van der Waals surface area contributed by atoms with Crippen LogP contribution in [0.5, 0.6) is 5.75 Å². The highest BCUT2D eigenvalue weighted by atomic mass is 16.5. The van der Waals surface area contributed by atoms with E-state index in [0.29, 0.717) is 25.0 Å². The lowest BCUT2D eigenvalue weighted by Gasteiger charge is -2.35. The second kappa shape index (κ2) is 8.50. The molecule has 0 bridgehead atoms. The molecule has 3 heteroatoms. The number of piperidine rings is 1. The first kappa shape index (κ1) is 18.0. The standard InChI is InChI=1S/C22H29NO2/c1-17-12-18(2)14-23(13-17)15-20(24)16-25-22-11-7-6-10-21(22)19-8-4-3-5-9-19/h3-11,17-18,20,24H,12-16H2,1-2H3/t17-,18-,20-/m1/s1. The predicted octanol–water partition coefficient (Wildman–Crippen LogP) is 4.07. The van der Waals surface area contributed by atoms with Gasteiger partial charge in [-0.2, -0.15) is 0 Å². The lowest BCUT2D eigenvalue weighted by Crippen LogP contribution is -2.44. The van der Waals surface area contributed by atoms with Crippen molar-refractivity contribution in [3.63, 3.8) is 0 Å². The van der Waals surface area contributed by atoms with Crippen molar-refractivity contribution in [2.24, 2.45) is 11.8 Å². The Morgan fingerprint density at radius 2 is 1.64 bits per heavy atom. The Balaban J connectivity index is 1.58. The van der Waals surface area contributed by atoms with Gasteiger partial charge in [-0.1, -0.05) is 62.4 Å². The smallest absolute Gasteiger partial charge is 0.127 e. The Bertz CT molecular complexity index is 648. The molecule has 3 rings (SSSR count). The van der Waals surface area contributed by atoms with Gasteiger partial charge in [0, 0.05) is 25.2 Å². The summed E-state index contributed by atoms with van der Waals surface area (Å²) in [5, 5.41) is 10.4. The predicted molar refractivity (Wildman–Crippen MR) is 103 cm³/mol. The number of benzene rings is 2. The van der Waals surface area contributed by atoms with Gasteiger partial charge in [0.1, 0.15) is 18.5 Å². The summed E-state index contributed by atoms with van der Waals surface area (Å²) >= 11 is 0. The summed E-state index contributed by atoms with van der Waals surface area (Å²) in [5.74, 6) is 2.24. The zero-order chi connectivity index (χ0) is 17.6. The molecule has 0 aromatic heterocycles. The summed E-state index contributed by atoms with van der Waals surface area (Å²) in [7, 11) is 0. The van der Waals surface area contributed by atoms with Crippen molar-refractivity contribution < 1.29 is 9.84 Å². The first-order valence-electron chi connectivity index (χ1n) is 9.29. The average molecular weight is 339 g/mol. The molecule has 25 heavy (non-hydrogen) atoms. The number of nitrogens with zero attached hydrogens (tertiary/aromatic N) is 1. The highest BCUT2D eigenvalue weighted by Gasteiger charge is 2.23. The second-order valence-electron chi connectivity index (χ2n) is 7.49. The van der Waals surface area contributed by atoms with E-state index in [-0.39, 0.29) is 0 Å². The number of para-hydroxylation sites is 1. The topological polar surface area (TPSA) is 32.7 Å². The van der Waals surface area contributed by atoms with Crippen molar-refractivity contribution >= 4 is 0 Å². The van der Waals surface area contributed by atoms with Crippen LogP contribution in [0.15, 0.2) is 54.6 Å².